The summed E-state index contributed by atoms with van der Waals surface area (Å²) in [7, 11) is 1.57. The van der Waals surface area contributed by atoms with Gasteiger partial charge in [0, 0.05) is 35.8 Å². The largest absolute Gasteiger partial charge is 0.493 e. The summed E-state index contributed by atoms with van der Waals surface area (Å²) in [6.07, 6.45) is 6.05. The zero-order chi connectivity index (χ0) is 25.9. The number of methoxy groups -OCH3 is 1. The van der Waals surface area contributed by atoms with Gasteiger partial charge in [-0.15, -0.1) is 0 Å². The molecule has 0 aliphatic heterocycles. The number of para-hydroxylation sites is 2. The van der Waals surface area contributed by atoms with Crippen LogP contribution in [0, 0.1) is 5.92 Å². The average molecular weight is 520 g/mol. The van der Waals surface area contributed by atoms with Crippen LogP contribution in [0.3, 0.4) is 0 Å². The molecule has 0 radical (unpaired) electrons. The fraction of sp³-hybridized carbons (Fsp3) is 0.250. The highest BCUT2D eigenvalue weighted by Crippen LogP contribution is 2.35. The maximum atomic E-state index is 13.6. The lowest BCUT2D eigenvalue weighted by molar-refractivity contribution is -0.142. The fourth-order valence-electron chi connectivity index (χ4n) is 4.78. The lowest BCUT2D eigenvalue weighted by atomic mass is 9.86. The van der Waals surface area contributed by atoms with Crippen LogP contribution in [0.2, 0.25) is 5.02 Å². The van der Waals surface area contributed by atoms with Gasteiger partial charge in [0.2, 0.25) is 0 Å². The zero-order valence-corrected chi connectivity index (χ0v) is 20.9. The number of carbonyl (C=O) groups excluding carboxylic acids is 1. The van der Waals surface area contributed by atoms with Gasteiger partial charge in [-0.1, -0.05) is 23.7 Å². The molecule has 37 heavy (non-hydrogen) atoms. The van der Waals surface area contributed by atoms with Crippen molar-refractivity contribution in [3.8, 4) is 17.2 Å². The highest BCUT2D eigenvalue weighted by atomic mass is 35.5. The smallest absolute Gasteiger partial charge is 0.306 e. The summed E-state index contributed by atoms with van der Waals surface area (Å²) in [6.45, 7) is 0. The lowest BCUT2D eigenvalue weighted by Gasteiger charge is -2.28. The standard InChI is InChI=1S/C28H26ClN3O5/c1-36-23-4-2-3-5-24(23)37-18-10-11-19(21(29)14-18)26(33)20-15-31-27-25(20)22(12-13-30-27)32-17-8-6-16(7-9-17)28(34)35/h2-5,10-17H,6-9H2,1H3,(H,34,35)(H2,30,31,32). The number of H-pyrrole nitrogens is 1. The highest BCUT2D eigenvalue weighted by Gasteiger charge is 2.27. The van der Waals surface area contributed by atoms with E-state index in [1.165, 1.54) is 0 Å². The number of fused-ring (bicyclic) bond motifs is 1. The summed E-state index contributed by atoms with van der Waals surface area (Å²) in [6, 6.07) is 14.2. The van der Waals surface area contributed by atoms with Crippen molar-refractivity contribution in [3.05, 3.63) is 77.1 Å². The Bertz CT molecular complexity index is 1460. The number of ketones is 1. The number of carboxylic acids is 1. The van der Waals surface area contributed by atoms with Gasteiger partial charge in [-0.2, -0.15) is 0 Å². The van der Waals surface area contributed by atoms with Gasteiger partial charge in [0.1, 0.15) is 11.4 Å². The third-order valence-corrected chi connectivity index (χ3v) is 7.05. The molecule has 0 spiro atoms. The minimum Gasteiger partial charge on any atom is -0.493 e. The first-order chi connectivity index (χ1) is 17.9. The first kappa shape index (κ1) is 24.6. The summed E-state index contributed by atoms with van der Waals surface area (Å²) in [5, 5.41) is 13.7. The maximum absolute atomic E-state index is 13.6. The number of hydrogen-bond acceptors (Lipinski definition) is 6. The van der Waals surface area contributed by atoms with Crippen LogP contribution in [0.5, 0.6) is 17.2 Å². The van der Waals surface area contributed by atoms with Gasteiger partial charge in [0.15, 0.2) is 17.3 Å². The molecule has 0 unspecified atom stereocenters. The highest BCUT2D eigenvalue weighted by molar-refractivity contribution is 6.35. The number of carboxylic acid groups (broad SMARTS) is 1. The van der Waals surface area contributed by atoms with E-state index in [0.29, 0.717) is 52.3 Å². The van der Waals surface area contributed by atoms with E-state index >= 15 is 0 Å². The van der Waals surface area contributed by atoms with E-state index in [1.54, 1.807) is 49.8 Å². The molecule has 0 atom stereocenters. The second-order valence-electron chi connectivity index (χ2n) is 9.04. The van der Waals surface area contributed by atoms with E-state index in [2.05, 4.69) is 15.3 Å². The monoisotopic (exact) mass is 519 g/mol. The first-order valence-corrected chi connectivity index (χ1v) is 12.4. The number of ether oxygens (including phenoxy) is 2. The Morgan fingerprint density at radius 2 is 1.81 bits per heavy atom. The van der Waals surface area contributed by atoms with Crippen LogP contribution in [-0.4, -0.2) is 40.0 Å². The molecule has 1 aliphatic rings. The zero-order valence-electron chi connectivity index (χ0n) is 20.2. The Balaban J connectivity index is 1.39. The normalized spacial score (nSPS) is 17.4. The summed E-state index contributed by atoms with van der Waals surface area (Å²) < 4.78 is 11.2. The Kier molecular flexibility index (Phi) is 7.01. The SMILES string of the molecule is COc1ccccc1Oc1ccc(C(=O)c2c[nH]c3nccc(NC4CCC(C(=O)O)CC4)c23)c(Cl)c1. The van der Waals surface area contributed by atoms with Crippen molar-refractivity contribution in [1.82, 2.24) is 9.97 Å². The van der Waals surface area contributed by atoms with Crippen LogP contribution < -0.4 is 14.8 Å². The Hall–Kier alpha value is -4.04. The molecular weight excluding hydrogens is 494 g/mol. The molecule has 3 N–H and O–H groups in total. The van der Waals surface area contributed by atoms with E-state index in [9.17, 15) is 14.7 Å². The molecule has 8 nitrogen and oxygen atoms in total. The summed E-state index contributed by atoms with van der Waals surface area (Å²) in [5.41, 5.74) is 2.15. The molecule has 1 fully saturated rings. The number of pyridine rings is 1. The minimum atomic E-state index is -0.737. The van der Waals surface area contributed by atoms with E-state index in [4.69, 9.17) is 21.1 Å². The third-order valence-electron chi connectivity index (χ3n) is 6.74. The van der Waals surface area contributed by atoms with Gasteiger partial charge in [-0.05, 0) is 56.0 Å². The van der Waals surface area contributed by atoms with Gasteiger partial charge in [-0.3, -0.25) is 9.59 Å². The van der Waals surface area contributed by atoms with Gasteiger partial charge in [0.25, 0.3) is 0 Å². The predicted octanol–water partition coefficient (Wildman–Crippen LogP) is 6.30. The number of rotatable bonds is 8. The first-order valence-electron chi connectivity index (χ1n) is 12.0. The van der Waals surface area contributed by atoms with Crippen LogP contribution in [0.25, 0.3) is 11.0 Å². The molecule has 0 amide bonds. The fourth-order valence-corrected chi connectivity index (χ4v) is 5.04. The van der Waals surface area contributed by atoms with E-state index in [1.807, 2.05) is 18.2 Å². The predicted molar refractivity (Wildman–Crippen MR) is 141 cm³/mol. The molecule has 1 saturated carbocycles. The quantitative estimate of drug-likeness (QED) is 0.234. The molecule has 2 aromatic heterocycles. The van der Waals surface area contributed by atoms with Gasteiger partial charge >= 0.3 is 5.97 Å². The molecule has 4 aromatic rings. The topological polar surface area (TPSA) is 114 Å². The molecule has 0 bridgehead atoms. The van der Waals surface area contributed by atoms with E-state index < -0.39 is 5.97 Å². The second kappa shape index (κ2) is 10.5. The molecule has 5 rings (SSSR count). The van der Waals surface area contributed by atoms with Crippen LogP contribution in [0.4, 0.5) is 5.69 Å². The van der Waals surface area contributed by atoms with Crippen LogP contribution >= 0.6 is 11.6 Å². The Labute approximate surface area is 218 Å². The third kappa shape index (κ3) is 5.11. The molecule has 0 saturated heterocycles. The van der Waals surface area contributed by atoms with Crippen molar-refractivity contribution < 1.29 is 24.2 Å². The molecule has 190 valence electrons. The lowest BCUT2D eigenvalue weighted by Crippen LogP contribution is -2.29. The number of nitrogens with one attached hydrogen (secondary N) is 2. The molecule has 2 aromatic carbocycles. The van der Waals surface area contributed by atoms with Gasteiger partial charge in [-0.25, -0.2) is 4.98 Å². The van der Waals surface area contributed by atoms with Crippen LogP contribution in [0.15, 0.2) is 60.9 Å². The van der Waals surface area contributed by atoms with Crippen molar-refractivity contribution in [3.63, 3.8) is 0 Å². The number of benzene rings is 2. The number of hydrogen-bond donors (Lipinski definition) is 3. The van der Waals surface area contributed by atoms with E-state index in [0.717, 1.165) is 18.5 Å². The number of aliphatic carboxylic acids is 1. The van der Waals surface area contributed by atoms with Gasteiger partial charge < -0.3 is 24.9 Å². The number of aromatic amines is 1. The average Bonchev–Trinajstić information content (AvgIpc) is 3.34. The number of nitrogens with zero attached hydrogens (tertiary/aromatic N) is 1. The van der Waals surface area contributed by atoms with Gasteiger partial charge in [0.05, 0.1) is 29.0 Å². The number of aromatic nitrogens is 2. The number of carbonyl (C=O) groups is 2. The van der Waals surface area contributed by atoms with E-state index in [-0.39, 0.29) is 22.8 Å². The van der Waals surface area contributed by atoms with Crippen molar-refractivity contribution in [2.24, 2.45) is 5.92 Å². The van der Waals surface area contributed by atoms with Crippen molar-refractivity contribution in [2.75, 3.05) is 12.4 Å². The van der Waals surface area contributed by atoms with Crippen LogP contribution in [0.1, 0.15) is 41.6 Å². The molecule has 2 heterocycles. The molecule has 1 aliphatic carbocycles. The van der Waals surface area contributed by atoms with Crippen molar-refractivity contribution in [1.29, 1.82) is 0 Å². The Morgan fingerprint density at radius 1 is 1.05 bits per heavy atom. The summed E-state index contributed by atoms with van der Waals surface area (Å²) in [5.74, 6) is 0.325. The molecule has 9 heteroatoms. The van der Waals surface area contributed by atoms with Crippen molar-refractivity contribution >= 4 is 40.1 Å². The van der Waals surface area contributed by atoms with Crippen LogP contribution in [-0.2, 0) is 4.79 Å². The maximum Gasteiger partial charge on any atom is 0.306 e. The number of halogens is 1. The molecular formula is C28H26ClN3O5. The second-order valence-corrected chi connectivity index (χ2v) is 9.45. The van der Waals surface area contributed by atoms with Crippen molar-refractivity contribution in [2.45, 2.75) is 31.7 Å². The summed E-state index contributed by atoms with van der Waals surface area (Å²) >= 11 is 6.55. The summed E-state index contributed by atoms with van der Waals surface area (Å²) in [4.78, 5) is 32.3. The minimum absolute atomic E-state index is 0.119. The Morgan fingerprint density at radius 3 is 2.51 bits per heavy atom. The number of anilines is 1.